The molecule has 1 heterocycles. The zero-order chi connectivity index (χ0) is 23.0. The number of esters is 1. The summed E-state index contributed by atoms with van der Waals surface area (Å²) in [5.41, 5.74) is -0.628. The molecule has 0 bridgehead atoms. The largest absolute Gasteiger partial charge is 0.458 e. The Hall–Kier alpha value is -2.43. The van der Waals surface area contributed by atoms with Crippen molar-refractivity contribution < 1.29 is 27.5 Å². The predicted octanol–water partition coefficient (Wildman–Crippen LogP) is 2.37. The molecule has 0 aromatic carbocycles. The Morgan fingerprint density at radius 3 is 2.37 bits per heavy atom. The topological polar surface area (TPSA) is 140 Å². The van der Waals surface area contributed by atoms with E-state index in [0.717, 1.165) is 11.8 Å². The van der Waals surface area contributed by atoms with Crippen LogP contribution in [-0.2, 0) is 30.7 Å². The maximum atomic E-state index is 12.4. The molecule has 0 aliphatic rings. The summed E-state index contributed by atoms with van der Waals surface area (Å²) >= 11 is 0. The van der Waals surface area contributed by atoms with E-state index in [1.165, 1.54) is 0 Å². The standard InChI is InChI=1S/C19H32N4O6S/c1-18(2,3)28-16(24)15(23-17(25)29-19(4,5)6)9-10-22-30(26,27)11-7-8-14-12-20-21-13-14/h10,12-13,15H,7-9,11H2,1-6H3,(H,20,21)(H,23,25)/t15-/m0/s1. The molecule has 10 nitrogen and oxygen atoms in total. The molecule has 11 heteroatoms. The SMILES string of the molecule is CC(C)(C)OC(=O)N[C@@H](CC=NS(=O)(=O)CCCc1cn[nH]c1)C(=O)OC(C)(C)C. The molecule has 0 fully saturated rings. The Kier molecular flexibility index (Phi) is 9.01. The van der Waals surface area contributed by atoms with Crippen LogP contribution in [0.2, 0.25) is 0 Å². The highest BCUT2D eigenvalue weighted by molar-refractivity contribution is 7.90. The number of ether oxygens (including phenoxy) is 2. The Balaban J connectivity index is 2.71. The molecule has 0 radical (unpaired) electrons. The van der Waals surface area contributed by atoms with Gasteiger partial charge in [0.15, 0.2) is 0 Å². The number of carbonyl (C=O) groups excluding carboxylic acids is 2. The molecule has 0 aliphatic carbocycles. The first-order valence-electron chi connectivity index (χ1n) is 9.63. The second-order valence-electron chi connectivity index (χ2n) is 8.75. The van der Waals surface area contributed by atoms with Crippen LogP contribution in [0.15, 0.2) is 16.8 Å². The number of hydrogen-bond acceptors (Lipinski definition) is 7. The van der Waals surface area contributed by atoms with Gasteiger partial charge in [0.2, 0.25) is 0 Å². The molecule has 0 saturated carbocycles. The van der Waals surface area contributed by atoms with Crippen molar-refractivity contribution in [1.29, 1.82) is 0 Å². The lowest BCUT2D eigenvalue weighted by molar-refractivity contribution is -0.157. The Morgan fingerprint density at radius 1 is 1.20 bits per heavy atom. The second-order valence-corrected chi connectivity index (χ2v) is 10.5. The lowest BCUT2D eigenvalue weighted by Crippen LogP contribution is -2.46. The fraction of sp³-hybridized carbons (Fsp3) is 0.684. The molecule has 1 aromatic heterocycles. The number of hydrogen-bond donors (Lipinski definition) is 2. The van der Waals surface area contributed by atoms with Crippen LogP contribution in [0.1, 0.15) is 59.9 Å². The highest BCUT2D eigenvalue weighted by Crippen LogP contribution is 2.12. The van der Waals surface area contributed by atoms with Gasteiger partial charge in [-0.3, -0.25) is 5.10 Å². The number of nitrogens with one attached hydrogen (secondary N) is 2. The molecule has 1 rings (SSSR count). The van der Waals surface area contributed by atoms with Gasteiger partial charge in [0, 0.05) is 18.8 Å². The molecule has 1 aromatic rings. The molecule has 0 spiro atoms. The van der Waals surface area contributed by atoms with E-state index in [4.69, 9.17) is 9.47 Å². The van der Waals surface area contributed by atoms with Crippen molar-refractivity contribution in [3.05, 3.63) is 18.0 Å². The highest BCUT2D eigenvalue weighted by atomic mass is 32.2. The number of nitrogens with zero attached hydrogens (tertiary/aromatic N) is 2. The average molecular weight is 445 g/mol. The minimum atomic E-state index is -3.71. The van der Waals surface area contributed by atoms with Crippen LogP contribution in [0.25, 0.3) is 0 Å². The average Bonchev–Trinajstić information content (AvgIpc) is 3.03. The fourth-order valence-corrected chi connectivity index (χ4v) is 3.15. The van der Waals surface area contributed by atoms with E-state index in [0.29, 0.717) is 12.8 Å². The van der Waals surface area contributed by atoms with E-state index in [1.807, 2.05) is 0 Å². The molecular formula is C19H32N4O6S. The summed E-state index contributed by atoms with van der Waals surface area (Å²) in [5, 5.41) is 8.88. The number of carbonyl (C=O) groups is 2. The van der Waals surface area contributed by atoms with Gasteiger partial charge in [0.1, 0.15) is 17.2 Å². The zero-order valence-electron chi connectivity index (χ0n) is 18.4. The fourth-order valence-electron chi connectivity index (χ4n) is 2.22. The number of alkyl carbamates (subject to hydrolysis) is 1. The Bertz CT molecular complexity index is 820. The van der Waals surface area contributed by atoms with Crippen molar-refractivity contribution in [2.75, 3.05) is 5.75 Å². The predicted molar refractivity (Wildman–Crippen MR) is 113 cm³/mol. The van der Waals surface area contributed by atoms with Gasteiger partial charge in [-0.2, -0.15) is 9.50 Å². The number of aryl methyl sites for hydroxylation is 1. The molecule has 1 amide bonds. The van der Waals surface area contributed by atoms with Gasteiger partial charge in [0.25, 0.3) is 10.0 Å². The minimum absolute atomic E-state index is 0.148. The molecule has 0 aliphatic heterocycles. The van der Waals surface area contributed by atoms with Crippen molar-refractivity contribution in [3.63, 3.8) is 0 Å². The van der Waals surface area contributed by atoms with Gasteiger partial charge in [0.05, 0.1) is 11.9 Å². The summed E-state index contributed by atoms with van der Waals surface area (Å²) in [5.74, 6) is -0.858. The van der Waals surface area contributed by atoms with Crippen molar-refractivity contribution in [3.8, 4) is 0 Å². The Labute approximate surface area is 177 Å². The number of rotatable bonds is 9. The first-order chi connectivity index (χ1) is 13.7. The summed E-state index contributed by atoms with van der Waals surface area (Å²) in [6.07, 6.45) is 4.38. The smallest absolute Gasteiger partial charge is 0.408 e. The number of amides is 1. The number of aromatic amines is 1. The molecule has 1 atom stereocenters. The first-order valence-corrected chi connectivity index (χ1v) is 11.2. The van der Waals surface area contributed by atoms with Crippen LogP contribution in [0.3, 0.4) is 0 Å². The van der Waals surface area contributed by atoms with Gasteiger partial charge in [-0.05, 0) is 59.9 Å². The van der Waals surface area contributed by atoms with Crippen LogP contribution in [-0.4, -0.2) is 59.9 Å². The van der Waals surface area contributed by atoms with Crippen LogP contribution in [0.5, 0.6) is 0 Å². The van der Waals surface area contributed by atoms with E-state index in [9.17, 15) is 18.0 Å². The third-order valence-corrected chi connectivity index (χ3v) is 4.66. The van der Waals surface area contributed by atoms with Crippen LogP contribution in [0, 0.1) is 0 Å². The molecular weight excluding hydrogens is 412 g/mol. The number of H-pyrrole nitrogens is 1. The van der Waals surface area contributed by atoms with Crippen LogP contribution in [0.4, 0.5) is 4.79 Å². The van der Waals surface area contributed by atoms with Gasteiger partial charge in [-0.15, -0.1) is 0 Å². The molecule has 30 heavy (non-hydrogen) atoms. The lowest BCUT2D eigenvalue weighted by Gasteiger charge is -2.25. The van der Waals surface area contributed by atoms with Crippen LogP contribution < -0.4 is 5.32 Å². The van der Waals surface area contributed by atoms with E-state index >= 15 is 0 Å². The van der Waals surface area contributed by atoms with Crippen molar-refractivity contribution in [1.82, 2.24) is 15.5 Å². The quantitative estimate of drug-likeness (QED) is 0.440. The van der Waals surface area contributed by atoms with E-state index in [1.54, 1.807) is 53.9 Å². The van der Waals surface area contributed by atoms with Crippen LogP contribution >= 0.6 is 0 Å². The monoisotopic (exact) mass is 444 g/mol. The van der Waals surface area contributed by atoms with Crippen molar-refractivity contribution in [2.45, 2.75) is 78.0 Å². The van der Waals surface area contributed by atoms with Gasteiger partial charge >= 0.3 is 12.1 Å². The summed E-state index contributed by atoms with van der Waals surface area (Å²) in [4.78, 5) is 24.4. The van der Waals surface area contributed by atoms with E-state index < -0.39 is 39.3 Å². The minimum Gasteiger partial charge on any atom is -0.458 e. The molecule has 0 unspecified atom stereocenters. The maximum Gasteiger partial charge on any atom is 0.408 e. The summed E-state index contributed by atoms with van der Waals surface area (Å²) < 4.78 is 38.2. The number of sulfonamides is 1. The summed E-state index contributed by atoms with van der Waals surface area (Å²) in [6, 6.07) is -1.14. The Morgan fingerprint density at radius 2 is 1.83 bits per heavy atom. The molecule has 170 valence electrons. The zero-order valence-corrected chi connectivity index (χ0v) is 19.2. The van der Waals surface area contributed by atoms with E-state index in [2.05, 4.69) is 19.9 Å². The summed E-state index contributed by atoms with van der Waals surface area (Å²) in [6.45, 7) is 10.1. The van der Waals surface area contributed by atoms with Gasteiger partial charge in [-0.25, -0.2) is 18.0 Å². The third kappa shape index (κ3) is 11.5. The van der Waals surface area contributed by atoms with Crippen molar-refractivity contribution >= 4 is 28.3 Å². The summed E-state index contributed by atoms with van der Waals surface area (Å²) in [7, 11) is -3.71. The van der Waals surface area contributed by atoms with E-state index in [-0.39, 0.29) is 12.2 Å². The number of aromatic nitrogens is 2. The van der Waals surface area contributed by atoms with Gasteiger partial charge in [-0.1, -0.05) is 0 Å². The highest BCUT2D eigenvalue weighted by Gasteiger charge is 2.28. The lowest BCUT2D eigenvalue weighted by atomic mass is 10.1. The molecule has 2 N–H and O–H groups in total. The van der Waals surface area contributed by atoms with Gasteiger partial charge < -0.3 is 14.8 Å². The molecule has 0 saturated heterocycles. The van der Waals surface area contributed by atoms with Crippen molar-refractivity contribution in [2.24, 2.45) is 4.40 Å². The second kappa shape index (κ2) is 10.6. The maximum absolute atomic E-state index is 12.4. The first kappa shape index (κ1) is 25.6. The normalized spacial score (nSPS) is 13.8. The third-order valence-electron chi connectivity index (χ3n) is 3.38.